The van der Waals surface area contributed by atoms with E-state index in [1.54, 1.807) is 0 Å². The smallest absolute Gasteiger partial charge is 0.164 e. The number of rotatable bonds is 4. The second-order valence-electron chi connectivity index (χ2n) is 12.0. The van der Waals surface area contributed by atoms with Gasteiger partial charge < -0.3 is 9.30 Å². The Balaban J connectivity index is 1.23. The standard InChI is InChI=1S/C43H26N4O/c1-3-13-27(14-4-1)41-44-42(28-15-5-2-6-16-28)46-43(45-41)32-25-26-38-39-31(32)19-11-20-33(39)40-36(23-12-24-37(40)48-38)47-34-21-9-7-17-29(34)30-18-8-10-22-35(30)47/h1-26H. The highest BCUT2D eigenvalue weighted by molar-refractivity contribution is 6.13. The molecule has 0 unspecified atom stereocenters. The van der Waals surface area contributed by atoms with Crippen molar-refractivity contribution in [2.75, 3.05) is 0 Å². The maximum absolute atomic E-state index is 6.72. The molecule has 1 aliphatic heterocycles. The molecule has 0 amide bonds. The minimum absolute atomic E-state index is 0.618. The summed E-state index contributed by atoms with van der Waals surface area (Å²) in [6.07, 6.45) is 0. The number of hydrogen-bond acceptors (Lipinski definition) is 4. The lowest BCUT2D eigenvalue weighted by atomic mass is 9.91. The molecule has 0 N–H and O–H groups in total. The lowest BCUT2D eigenvalue weighted by molar-refractivity contribution is 0.487. The van der Waals surface area contributed by atoms with Crippen LogP contribution in [0, 0.1) is 0 Å². The summed E-state index contributed by atoms with van der Waals surface area (Å²) in [4.78, 5) is 15.0. The van der Waals surface area contributed by atoms with Crippen molar-refractivity contribution in [3.8, 4) is 62.5 Å². The van der Waals surface area contributed by atoms with Gasteiger partial charge in [-0.05, 0) is 47.3 Å². The molecule has 0 saturated heterocycles. The van der Waals surface area contributed by atoms with Gasteiger partial charge in [0.1, 0.15) is 11.5 Å². The summed E-state index contributed by atoms with van der Waals surface area (Å²) in [6.45, 7) is 0. The first kappa shape index (κ1) is 26.6. The van der Waals surface area contributed by atoms with E-state index in [2.05, 4.69) is 95.6 Å². The number of hydrogen-bond donors (Lipinski definition) is 0. The van der Waals surface area contributed by atoms with Crippen molar-refractivity contribution in [2.24, 2.45) is 0 Å². The normalized spacial score (nSPS) is 11.9. The predicted molar refractivity (Wildman–Crippen MR) is 193 cm³/mol. The fraction of sp³-hybridized carbons (Fsp3) is 0. The maximum Gasteiger partial charge on any atom is 0.164 e. The summed E-state index contributed by atoms with van der Waals surface area (Å²) in [5.41, 5.74) is 8.37. The zero-order valence-corrected chi connectivity index (χ0v) is 25.7. The second kappa shape index (κ2) is 10.5. The fourth-order valence-electron chi connectivity index (χ4n) is 7.15. The third kappa shape index (κ3) is 4.01. The third-order valence-corrected chi connectivity index (χ3v) is 9.26. The van der Waals surface area contributed by atoms with Crippen LogP contribution in [0.3, 0.4) is 0 Å². The highest BCUT2D eigenvalue weighted by Crippen LogP contribution is 2.51. The quantitative estimate of drug-likeness (QED) is 0.198. The van der Waals surface area contributed by atoms with Gasteiger partial charge in [-0.15, -0.1) is 0 Å². The first-order valence-corrected chi connectivity index (χ1v) is 16.0. The second-order valence-corrected chi connectivity index (χ2v) is 12.0. The molecule has 0 atom stereocenters. The van der Waals surface area contributed by atoms with Crippen molar-refractivity contribution in [3.63, 3.8) is 0 Å². The average Bonchev–Trinajstić information content (AvgIpc) is 3.49. The first-order chi connectivity index (χ1) is 23.8. The molecular weight excluding hydrogens is 589 g/mol. The summed E-state index contributed by atoms with van der Waals surface area (Å²) in [7, 11) is 0. The minimum atomic E-state index is 0.618. The highest BCUT2D eigenvalue weighted by Gasteiger charge is 2.26. The maximum atomic E-state index is 6.72. The molecule has 7 aromatic carbocycles. The molecule has 48 heavy (non-hydrogen) atoms. The lowest BCUT2D eigenvalue weighted by Gasteiger charge is -2.25. The Morgan fingerprint density at radius 1 is 0.396 bits per heavy atom. The molecule has 0 aliphatic carbocycles. The first-order valence-electron chi connectivity index (χ1n) is 16.0. The van der Waals surface area contributed by atoms with Crippen LogP contribution >= 0.6 is 0 Å². The topological polar surface area (TPSA) is 52.8 Å². The fourth-order valence-corrected chi connectivity index (χ4v) is 7.15. The Morgan fingerprint density at radius 3 is 1.62 bits per heavy atom. The largest absolute Gasteiger partial charge is 0.456 e. The molecule has 5 heteroatoms. The van der Waals surface area contributed by atoms with Gasteiger partial charge in [0.05, 0.1) is 16.7 Å². The number of fused-ring (bicyclic) bond motifs is 5. The average molecular weight is 615 g/mol. The summed E-state index contributed by atoms with van der Waals surface area (Å²) in [5.74, 6) is 3.54. The molecule has 224 valence electrons. The molecule has 1 aliphatic rings. The molecule has 0 spiro atoms. The molecular formula is C43H26N4O. The van der Waals surface area contributed by atoms with Crippen molar-refractivity contribution >= 4 is 32.6 Å². The lowest BCUT2D eigenvalue weighted by Crippen LogP contribution is -2.04. The molecule has 0 saturated carbocycles. The molecule has 10 rings (SSSR count). The van der Waals surface area contributed by atoms with E-state index in [1.807, 2.05) is 66.7 Å². The van der Waals surface area contributed by atoms with Gasteiger partial charge in [0.25, 0.3) is 0 Å². The van der Waals surface area contributed by atoms with Crippen molar-refractivity contribution < 1.29 is 4.74 Å². The summed E-state index contributed by atoms with van der Waals surface area (Å²) < 4.78 is 9.09. The Morgan fingerprint density at radius 2 is 0.958 bits per heavy atom. The van der Waals surface area contributed by atoms with Gasteiger partial charge >= 0.3 is 0 Å². The molecule has 9 aromatic rings. The zero-order valence-electron chi connectivity index (χ0n) is 25.7. The van der Waals surface area contributed by atoms with Crippen LogP contribution in [-0.2, 0) is 0 Å². The molecule has 3 heterocycles. The molecule has 0 bridgehead atoms. The molecule has 0 fully saturated rings. The van der Waals surface area contributed by atoms with Crippen LogP contribution in [0.5, 0.6) is 11.5 Å². The van der Waals surface area contributed by atoms with E-state index >= 15 is 0 Å². The van der Waals surface area contributed by atoms with Gasteiger partial charge in [0, 0.05) is 38.4 Å². The summed E-state index contributed by atoms with van der Waals surface area (Å²) in [6, 6.07) is 54.3. The number of para-hydroxylation sites is 2. The van der Waals surface area contributed by atoms with Gasteiger partial charge in [0.2, 0.25) is 0 Å². The van der Waals surface area contributed by atoms with E-state index in [0.29, 0.717) is 17.5 Å². The van der Waals surface area contributed by atoms with Gasteiger partial charge in [0.15, 0.2) is 17.5 Å². The van der Waals surface area contributed by atoms with Crippen LogP contribution in [0.15, 0.2) is 158 Å². The number of benzene rings is 7. The number of ether oxygens (including phenoxy) is 1. The van der Waals surface area contributed by atoms with Crippen molar-refractivity contribution in [3.05, 3.63) is 158 Å². The number of aromatic nitrogens is 4. The number of nitrogens with zero attached hydrogens (tertiary/aromatic N) is 4. The van der Waals surface area contributed by atoms with E-state index in [-0.39, 0.29) is 0 Å². The van der Waals surface area contributed by atoms with E-state index in [9.17, 15) is 0 Å². The Labute approximate surface area is 276 Å². The molecule has 2 aromatic heterocycles. The Hall–Kier alpha value is -6.59. The molecule has 0 radical (unpaired) electrons. The highest BCUT2D eigenvalue weighted by atomic mass is 16.5. The van der Waals surface area contributed by atoms with Crippen LogP contribution in [0.1, 0.15) is 0 Å². The molecule has 5 nitrogen and oxygen atoms in total. The third-order valence-electron chi connectivity index (χ3n) is 9.26. The monoisotopic (exact) mass is 614 g/mol. The van der Waals surface area contributed by atoms with E-state index in [1.165, 1.54) is 10.8 Å². The van der Waals surface area contributed by atoms with Crippen molar-refractivity contribution in [1.29, 1.82) is 0 Å². The van der Waals surface area contributed by atoms with Gasteiger partial charge in [-0.3, -0.25) is 0 Å². The Kier molecular flexibility index (Phi) is 5.81. The van der Waals surface area contributed by atoms with Gasteiger partial charge in [-0.25, -0.2) is 15.0 Å². The van der Waals surface area contributed by atoms with E-state index < -0.39 is 0 Å². The van der Waals surface area contributed by atoms with Crippen LogP contribution < -0.4 is 4.74 Å². The van der Waals surface area contributed by atoms with Crippen molar-refractivity contribution in [2.45, 2.75) is 0 Å². The predicted octanol–water partition coefficient (Wildman–Crippen LogP) is 10.9. The van der Waals surface area contributed by atoms with Gasteiger partial charge in [-0.2, -0.15) is 0 Å². The van der Waals surface area contributed by atoms with Crippen molar-refractivity contribution in [1.82, 2.24) is 19.5 Å². The van der Waals surface area contributed by atoms with Crippen LogP contribution in [0.2, 0.25) is 0 Å². The van der Waals surface area contributed by atoms with Gasteiger partial charge in [-0.1, -0.05) is 121 Å². The summed E-state index contributed by atoms with van der Waals surface area (Å²) >= 11 is 0. The van der Waals surface area contributed by atoms with Crippen LogP contribution in [0.4, 0.5) is 0 Å². The minimum Gasteiger partial charge on any atom is -0.456 e. The van der Waals surface area contributed by atoms with Crippen LogP contribution in [0.25, 0.3) is 83.6 Å². The van der Waals surface area contributed by atoms with E-state index in [0.717, 1.165) is 66.8 Å². The zero-order chi connectivity index (χ0) is 31.6. The summed E-state index contributed by atoms with van der Waals surface area (Å²) in [5, 5.41) is 4.51. The van der Waals surface area contributed by atoms with Crippen LogP contribution in [-0.4, -0.2) is 19.5 Å². The SMILES string of the molecule is c1ccc(-c2nc(-c3ccccc3)nc(-c3ccc4c5c(cccc35)-c3c(cccc3-n3c5ccccc5c5ccccc53)O4)n2)cc1. The van der Waals surface area contributed by atoms with E-state index in [4.69, 9.17) is 19.7 Å². The Bertz CT molecular complexity index is 2590.